The first-order chi connectivity index (χ1) is 15.9. The summed E-state index contributed by atoms with van der Waals surface area (Å²) >= 11 is 1.44. The third-order valence-corrected chi connectivity index (χ3v) is 6.95. The van der Waals surface area contributed by atoms with Gasteiger partial charge in [-0.1, -0.05) is 60.7 Å². The summed E-state index contributed by atoms with van der Waals surface area (Å²) in [5.41, 5.74) is 7.91. The molecule has 2 aliphatic heterocycles. The Kier molecular flexibility index (Phi) is 6.62. The zero-order chi connectivity index (χ0) is 23.5. The van der Waals surface area contributed by atoms with Crippen molar-refractivity contribution in [2.24, 2.45) is 5.73 Å². The van der Waals surface area contributed by atoms with E-state index in [1.54, 1.807) is 61.5 Å². The van der Waals surface area contributed by atoms with Gasteiger partial charge in [0.1, 0.15) is 23.2 Å². The number of hydrogen-bond acceptors (Lipinski definition) is 7. The highest BCUT2D eigenvalue weighted by Crippen LogP contribution is 2.40. The van der Waals surface area contributed by atoms with Gasteiger partial charge in [-0.2, -0.15) is 0 Å². The van der Waals surface area contributed by atoms with Crippen LogP contribution in [-0.4, -0.2) is 52.2 Å². The third kappa shape index (κ3) is 4.55. The van der Waals surface area contributed by atoms with E-state index >= 15 is 0 Å². The van der Waals surface area contributed by atoms with Gasteiger partial charge in [0, 0.05) is 11.3 Å². The minimum absolute atomic E-state index is 0.127. The summed E-state index contributed by atoms with van der Waals surface area (Å²) < 4.78 is 5.22. The fourth-order valence-electron chi connectivity index (χ4n) is 3.72. The summed E-state index contributed by atoms with van der Waals surface area (Å²) in [7, 11) is 0. The number of thioether (sulfide) groups is 1. The topological polar surface area (TPSA) is 119 Å². The van der Waals surface area contributed by atoms with Crippen molar-refractivity contribution in [3.63, 3.8) is 0 Å². The van der Waals surface area contributed by atoms with Crippen LogP contribution in [0.15, 0.2) is 71.9 Å². The first kappa shape index (κ1) is 22.8. The molecule has 0 spiro atoms. The van der Waals surface area contributed by atoms with E-state index in [9.17, 15) is 19.2 Å². The maximum Gasteiger partial charge on any atom is 0.355 e. The van der Waals surface area contributed by atoms with Crippen molar-refractivity contribution in [2.45, 2.75) is 24.4 Å². The van der Waals surface area contributed by atoms with Crippen LogP contribution in [0.2, 0.25) is 0 Å². The summed E-state index contributed by atoms with van der Waals surface area (Å²) in [6, 6.07) is 15.7. The van der Waals surface area contributed by atoms with Gasteiger partial charge in [0.25, 0.3) is 5.91 Å². The lowest BCUT2D eigenvalue weighted by atomic mass is 10.0. The lowest BCUT2D eigenvalue weighted by Gasteiger charge is -2.49. The zero-order valence-electron chi connectivity index (χ0n) is 17.9. The van der Waals surface area contributed by atoms with Crippen molar-refractivity contribution in [3.05, 3.63) is 83.1 Å². The van der Waals surface area contributed by atoms with E-state index in [2.05, 4.69) is 5.32 Å². The largest absolute Gasteiger partial charge is 0.453 e. The number of ketones is 1. The molecule has 1 saturated heterocycles. The molecule has 9 heteroatoms. The molecule has 2 amide bonds. The Labute approximate surface area is 195 Å². The molecular weight excluding hydrogens is 442 g/mol. The highest BCUT2D eigenvalue weighted by Gasteiger charge is 2.54. The second-order valence-corrected chi connectivity index (χ2v) is 8.88. The molecule has 2 heterocycles. The number of carbonyl (C=O) groups excluding carboxylic acids is 4. The molecule has 2 unspecified atom stereocenters. The second-order valence-electron chi connectivity index (χ2n) is 7.78. The first-order valence-electron chi connectivity index (χ1n) is 10.4. The lowest BCUT2D eigenvalue weighted by molar-refractivity contribution is -0.152. The Balaban J connectivity index is 1.40. The van der Waals surface area contributed by atoms with Crippen molar-refractivity contribution in [1.82, 2.24) is 10.2 Å². The normalized spacial score (nSPS) is 20.4. The van der Waals surface area contributed by atoms with Crippen LogP contribution in [0.5, 0.6) is 0 Å². The summed E-state index contributed by atoms with van der Waals surface area (Å²) in [5.74, 6) is -1.46. The molecule has 3 atom stereocenters. The smallest absolute Gasteiger partial charge is 0.355 e. The minimum Gasteiger partial charge on any atom is -0.453 e. The SMILES string of the molecule is CC1=C(C(=O)OCC(=O)c2ccccc2)N2C(=O)C(NC(=O)C(N)c3ccccc3)[C@@H]2SC1. The number of nitrogens with two attached hydrogens (primary N) is 1. The molecule has 0 saturated carbocycles. The van der Waals surface area contributed by atoms with Gasteiger partial charge in [-0.3, -0.25) is 19.3 Å². The number of Topliss-reactive ketones (excluding diaryl/α,β-unsaturated/α-hetero) is 1. The highest BCUT2D eigenvalue weighted by atomic mass is 32.2. The van der Waals surface area contributed by atoms with Gasteiger partial charge in [0.2, 0.25) is 5.91 Å². The summed E-state index contributed by atoms with van der Waals surface area (Å²) in [6.07, 6.45) is 0. The number of carbonyl (C=O) groups is 4. The first-order valence-corrected chi connectivity index (χ1v) is 11.4. The molecule has 0 radical (unpaired) electrons. The molecule has 1 fully saturated rings. The average molecular weight is 466 g/mol. The van der Waals surface area contributed by atoms with Crippen LogP contribution < -0.4 is 11.1 Å². The Morgan fingerprint density at radius 1 is 1.12 bits per heavy atom. The van der Waals surface area contributed by atoms with Gasteiger partial charge in [0.15, 0.2) is 12.4 Å². The standard InChI is InChI=1S/C24H23N3O5S/c1-14-13-33-23-19(26-21(29)18(25)16-10-6-3-7-11-16)22(30)27(23)20(14)24(31)32-12-17(28)15-8-4-2-5-9-15/h2-11,18-19,23H,12-13,25H2,1H3,(H,26,29)/t18?,19?,23-/m0/s1. The van der Waals surface area contributed by atoms with E-state index in [0.717, 1.165) is 0 Å². The zero-order valence-corrected chi connectivity index (χ0v) is 18.7. The van der Waals surface area contributed by atoms with E-state index in [1.807, 2.05) is 6.07 Å². The Morgan fingerprint density at radius 2 is 1.76 bits per heavy atom. The van der Waals surface area contributed by atoms with Crippen molar-refractivity contribution in [3.8, 4) is 0 Å². The monoisotopic (exact) mass is 465 g/mol. The Hall–Kier alpha value is -3.43. The number of nitrogens with zero attached hydrogens (tertiary/aromatic N) is 1. The lowest BCUT2D eigenvalue weighted by Crippen LogP contribution is -2.71. The number of rotatable bonds is 7. The number of amides is 2. The molecule has 3 N–H and O–H groups in total. The van der Waals surface area contributed by atoms with E-state index < -0.39 is 41.8 Å². The number of β-lactam (4-membered cyclic amide) rings is 1. The van der Waals surface area contributed by atoms with E-state index in [0.29, 0.717) is 22.5 Å². The molecule has 170 valence electrons. The van der Waals surface area contributed by atoms with Crippen LogP contribution in [0.4, 0.5) is 0 Å². The van der Waals surface area contributed by atoms with Crippen LogP contribution in [0, 0.1) is 0 Å². The molecule has 8 nitrogen and oxygen atoms in total. The third-order valence-electron chi connectivity index (χ3n) is 5.52. The minimum atomic E-state index is -0.910. The van der Waals surface area contributed by atoms with Gasteiger partial charge >= 0.3 is 5.97 Å². The van der Waals surface area contributed by atoms with Gasteiger partial charge in [-0.05, 0) is 18.1 Å². The van der Waals surface area contributed by atoms with E-state index in [1.165, 1.54) is 16.7 Å². The summed E-state index contributed by atoms with van der Waals surface area (Å²) in [6.45, 7) is 1.31. The van der Waals surface area contributed by atoms with Crippen LogP contribution in [0.1, 0.15) is 28.9 Å². The number of hydrogen-bond donors (Lipinski definition) is 2. The van der Waals surface area contributed by atoms with Crippen LogP contribution in [0.3, 0.4) is 0 Å². The molecule has 2 aliphatic rings. The number of ether oxygens (including phenoxy) is 1. The van der Waals surface area contributed by atoms with Gasteiger partial charge in [-0.15, -0.1) is 11.8 Å². The van der Waals surface area contributed by atoms with Crippen molar-refractivity contribution in [2.75, 3.05) is 12.4 Å². The fourth-order valence-corrected chi connectivity index (χ4v) is 5.02. The van der Waals surface area contributed by atoms with Crippen LogP contribution in [0.25, 0.3) is 0 Å². The van der Waals surface area contributed by atoms with Gasteiger partial charge < -0.3 is 15.8 Å². The van der Waals surface area contributed by atoms with Crippen LogP contribution in [-0.2, 0) is 19.1 Å². The second kappa shape index (κ2) is 9.60. The number of fused-ring (bicyclic) bond motifs is 1. The average Bonchev–Trinajstić information content (AvgIpc) is 2.85. The maximum absolute atomic E-state index is 12.9. The molecule has 4 rings (SSSR count). The van der Waals surface area contributed by atoms with Crippen LogP contribution >= 0.6 is 11.8 Å². The molecule has 2 aromatic rings. The van der Waals surface area contributed by atoms with Gasteiger partial charge in [0.05, 0.1) is 0 Å². The Bertz CT molecular complexity index is 1120. The van der Waals surface area contributed by atoms with Crippen molar-refractivity contribution < 1.29 is 23.9 Å². The van der Waals surface area contributed by atoms with Gasteiger partial charge in [-0.25, -0.2) is 4.79 Å². The predicted molar refractivity (Wildman–Crippen MR) is 123 cm³/mol. The predicted octanol–water partition coefficient (Wildman–Crippen LogP) is 1.79. The van der Waals surface area contributed by atoms with E-state index in [-0.39, 0.29) is 11.5 Å². The molecule has 2 aromatic carbocycles. The number of nitrogens with one attached hydrogen (secondary N) is 1. The number of esters is 1. The van der Waals surface area contributed by atoms with Crippen molar-refractivity contribution in [1.29, 1.82) is 0 Å². The maximum atomic E-state index is 12.9. The molecule has 33 heavy (non-hydrogen) atoms. The molecule has 0 aromatic heterocycles. The Morgan fingerprint density at radius 3 is 2.42 bits per heavy atom. The quantitative estimate of drug-likeness (QED) is 0.363. The molecular formula is C24H23N3O5S. The highest BCUT2D eigenvalue weighted by molar-refractivity contribution is 8.00. The van der Waals surface area contributed by atoms with E-state index in [4.69, 9.17) is 10.5 Å². The number of benzene rings is 2. The summed E-state index contributed by atoms with van der Waals surface area (Å²) in [5, 5.41) is 2.26. The molecule has 0 aliphatic carbocycles. The molecule has 0 bridgehead atoms. The fraction of sp³-hybridized carbons (Fsp3) is 0.250. The van der Waals surface area contributed by atoms with Crippen molar-refractivity contribution >= 4 is 35.3 Å². The summed E-state index contributed by atoms with van der Waals surface area (Å²) in [4.78, 5) is 51.8.